The van der Waals surface area contributed by atoms with Gasteiger partial charge in [0.05, 0.1) is 11.1 Å². The van der Waals surface area contributed by atoms with E-state index in [2.05, 4.69) is 21.2 Å². The summed E-state index contributed by atoms with van der Waals surface area (Å²) in [7, 11) is 0. The summed E-state index contributed by atoms with van der Waals surface area (Å²) in [4.78, 5) is 21.7. The van der Waals surface area contributed by atoms with Crippen molar-refractivity contribution >= 4 is 39.1 Å². The van der Waals surface area contributed by atoms with Crippen molar-refractivity contribution in [2.45, 2.75) is 0 Å². The third-order valence-electron chi connectivity index (χ3n) is 2.22. The highest BCUT2D eigenvalue weighted by atomic mass is 79.9. The molecule has 0 radical (unpaired) electrons. The molecule has 0 saturated heterocycles. The molecule has 80 valence electrons. The van der Waals surface area contributed by atoms with Gasteiger partial charge in [-0.2, -0.15) is 0 Å². The molecule has 5 heteroatoms. The third-order valence-corrected chi connectivity index (χ3v) is 2.72. The Balaban J connectivity index is 2.64. The summed E-state index contributed by atoms with van der Waals surface area (Å²) >= 11 is 3.27. The van der Waals surface area contributed by atoms with Crippen LogP contribution in [-0.4, -0.2) is 17.0 Å². The standard InChI is InChI=1S/C11H6BrNO3/c12-6-1-2-10-7(3-6)9(5-14)8(4-13-10)11(15)16/h1-4,13H,(H,15,16). The molecule has 0 bridgehead atoms. The van der Waals surface area contributed by atoms with E-state index in [4.69, 9.17) is 5.11 Å². The predicted octanol–water partition coefficient (Wildman–Crippen LogP) is 2.06. The van der Waals surface area contributed by atoms with Crippen LogP contribution in [0.5, 0.6) is 0 Å². The number of hydrogen-bond donors (Lipinski definition) is 2. The Hall–Kier alpha value is -1.84. The zero-order valence-corrected chi connectivity index (χ0v) is 9.54. The molecule has 1 aliphatic rings. The van der Waals surface area contributed by atoms with Gasteiger partial charge in [0, 0.05) is 21.9 Å². The van der Waals surface area contributed by atoms with Crippen molar-refractivity contribution in [3.8, 4) is 0 Å². The number of anilines is 1. The maximum atomic E-state index is 10.9. The Bertz CT molecular complexity index is 556. The minimum atomic E-state index is -1.16. The second-order valence-corrected chi connectivity index (χ2v) is 4.09. The Kier molecular flexibility index (Phi) is 2.64. The SMILES string of the molecule is O=C=C1C(C(=O)O)=CNc2ccc(Br)cc21. The lowest BCUT2D eigenvalue weighted by Gasteiger charge is -2.16. The Morgan fingerprint density at radius 1 is 1.44 bits per heavy atom. The number of benzene rings is 1. The summed E-state index contributed by atoms with van der Waals surface area (Å²) in [5, 5.41) is 11.7. The molecule has 0 saturated carbocycles. The van der Waals surface area contributed by atoms with E-state index in [-0.39, 0.29) is 11.1 Å². The topological polar surface area (TPSA) is 66.4 Å². The number of nitrogens with one attached hydrogen (secondary N) is 1. The molecule has 2 N–H and O–H groups in total. The third kappa shape index (κ3) is 1.66. The minimum Gasteiger partial charge on any atom is -0.478 e. The van der Waals surface area contributed by atoms with Crippen LogP contribution in [0.25, 0.3) is 5.57 Å². The van der Waals surface area contributed by atoms with Gasteiger partial charge in [-0.25, -0.2) is 9.59 Å². The molecular weight excluding hydrogens is 274 g/mol. The van der Waals surface area contributed by atoms with Gasteiger partial charge in [-0.15, -0.1) is 0 Å². The van der Waals surface area contributed by atoms with Crippen LogP contribution in [0.1, 0.15) is 5.56 Å². The summed E-state index contributed by atoms with van der Waals surface area (Å²) in [5.74, 6) is 0.519. The minimum absolute atomic E-state index is 0.0579. The molecule has 0 spiro atoms. The number of carboxylic acid groups (broad SMARTS) is 1. The van der Waals surface area contributed by atoms with Crippen molar-refractivity contribution in [3.63, 3.8) is 0 Å². The quantitative estimate of drug-likeness (QED) is 0.773. The lowest BCUT2D eigenvalue weighted by molar-refractivity contribution is -0.132. The van der Waals surface area contributed by atoms with Crippen molar-refractivity contribution in [1.82, 2.24) is 0 Å². The molecule has 0 atom stereocenters. The fraction of sp³-hybridized carbons (Fsp3) is 0. The van der Waals surface area contributed by atoms with Crippen LogP contribution in [-0.2, 0) is 9.59 Å². The maximum Gasteiger partial charge on any atom is 0.338 e. The molecule has 0 unspecified atom stereocenters. The number of fused-ring (bicyclic) bond motifs is 1. The average molecular weight is 280 g/mol. The summed E-state index contributed by atoms with van der Waals surface area (Å²) in [6.07, 6.45) is 1.29. The summed E-state index contributed by atoms with van der Waals surface area (Å²) in [6.45, 7) is 0. The van der Waals surface area contributed by atoms with Gasteiger partial charge in [0.25, 0.3) is 0 Å². The second kappa shape index (κ2) is 3.96. The molecule has 0 fully saturated rings. The van der Waals surface area contributed by atoms with E-state index in [1.807, 2.05) is 0 Å². The summed E-state index contributed by atoms with van der Waals surface area (Å²) in [5.41, 5.74) is 1.19. The number of carboxylic acids is 1. The first kappa shape index (κ1) is 10.7. The Morgan fingerprint density at radius 3 is 2.81 bits per heavy atom. The van der Waals surface area contributed by atoms with E-state index >= 15 is 0 Å². The predicted molar refractivity (Wildman–Crippen MR) is 62.6 cm³/mol. The molecule has 0 aromatic heterocycles. The van der Waals surface area contributed by atoms with Gasteiger partial charge >= 0.3 is 5.97 Å². The lowest BCUT2D eigenvalue weighted by atomic mass is 9.96. The smallest absolute Gasteiger partial charge is 0.338 e. The van der Waals surface area contributed by atoms with E-state index in [0.717, 1.165) is 4.47 Å². The highest BCUT2D eigenvalue weighted by Gasteiger charge is 2.23. The number of hydrogen-bond acceptors (Lipinski definition) is 3. The number of halogens is 1. The maximum absolute atomic E-state index is 10.9. The van der Waals surface area contributed by atoms with E-state index in [9.17, 15) is 9.59 Å². The first-order chi connectivity index (χ1) is 7.63. The molecule has 1 heterocycles. The molecule has 0 aliphatic carbocycles. The van der Waals surface area contributed by atoms with Crippen LogP contribution in [0, 0.1) is 0 Å². The van der Waals surface area contributed by atoms with Gasteiger partial charge in [0.15, 0.2) is 0 Å². The first-order valence-corrected chi connectivity index (χ1v) is 5.18. The molecule has 4 nitrogen and oxygen atoms in total. The summed E-state index contributed by atoms with van der Waals surface area (Å²) < 4.78 is 0.771. The zero-order valence-electron chi connectivity index (χ0n) is 7.95. The zero-order chi connectivity index (χ0) is 11.7. The Labute approximate surface area is 99.4 Å². The van der Waals surface area contributed by atoms with Crippen molar-refractivity contribution in [2.75, 3.05) is 5.32 Å². The number of carbonyl (C=O) groups is 1. The fourth-order valence-corrected chi connectivity index (χ4v) is 1.86. The highest BCUT2D eigenvalue weighted by molar-refractivity contribution is 9.10. The van der Waals surface area contributed by atoms with Crippen molar-refractivity contribution in [3.05, 3.63) is 40.0 Å². The molecule has 1 aliphatic heterocycles. The van der Waals surface area contributed by atoms with Gasteiger partial charge in [-0.1, -0.05) is 15.9 Å². The van der Waals surface area contributed by atoms with Gasteiger partial charge in [-0.3, -0.25) is 0 Å². The highest BCUT2D eigenvalue weighted by Crippen LogP contribution is 2.33. The van der Waals surface area contributed by atoms with Crippen molar-refractivity contribution in [1.29, 1.82) is 0 Å². The van der Waals surface area contributed by atoms with Gasteiger partial charge < -0.3 is 10.4 Å². The van der Waals surface area contributed by atoms with Gasteiger partial charge in [-0.05, 0) is 18.2 Å². The van der Waals surface area contributed by atoms with Crippen LogP contribution in [0.4, 0.5) is 5.69 Å². The van der Waals surface area contributed by atoms with Crippen LogP contribution < -0.4 is 5.32 Å². The molecule has 1 aromatic carbocycles. The average Bonchev–Trinajstić information content (AvgIpc) is 2.27. The second-order valence-electron chi connectivity index (χ2n) is 3.17. The Morgan fingerprint density at radius 2 is 2.19 bits per heavy atom. The normalized spacial score (nSPS) is 13.3. The van der Waals surface area contributed by atoms with Crippen LogP contribution in [0.15, 0.2) is 34.4 Å². The largest absolute Gasteiger partial charge is 0.478 e. The molecule has 2 rings (SSSR count). The van der Waals surface area contributed by atoms with Crippen molar-refractivity contribution in [2.24, 2.45) is 0 Å². The van der Waals surface area contributed by atoms with E-state index in [0.29, 0.717) is 11.3 Å². The van der Waals surface area contributed by atoms with E-state index < -0.39 is 5.97 Å². The lowest BCUT2D eigenvalue weighted by Crippen LogP contribution is -2.12. The number of carbonyl (C=O) groups excluding carboxylic acids is 1. The number of aliphatic carboxylic acids is 1. The van der Waals surface area contributed by atoms with Crippen molar-refractivity contribution < 1.29 is 14.7 Å². The molecule has 0 amide bonds. The molecular formula is C11H6BrNO3. The van der Waals surface area contributed by atoms with Crippen LogP contribution in [0.2, 0.25) is 0 Å². The number of rotatable bonds is 1. The van der Waals surface area contributed by atoms with Gasteiger partial charge in [0.1, 0.15) is 5.94 Å². The monoisotopic (exact) mass is 279 g/mol. The van der Waals surface area contributed by atoms with Crippen LogP contribution in [0.3, 0.4) is 0 Å². The van der Waals surface area contributed by atoms with Crippen LogP contribution >= 0.6 is 15.9 Å². The van der Waals surface area contributed by atoms with Gasteiger partial charge in [0.2, 0.25) is 0 Å². The fourth-order valence-electron chi connectivity index (χ4n) is 1.49. The molecule has 1 aromatic rings. The van der Waals surface area contributed by atoms with E-state index in [1.54, 1.807) is 24.1 Å². The summed E-state index contributed by atoms with van der Waals surface area (Å²) in [6, 6.07) is 5.23. The molecule has 16 heavy (non-hydrogen) atoms. The van der Waals surface area contributed by atoms with E-state index in [1.165, 1.54) is 6.20 Å². The first-order valence-electron chi connectivity index (χ1n) is 4.39.